The number of carbonyl (C=O) groups excluding carboxylic acids is 1. The highest BCUT2D eigenvalue weighted by Crippen LogP contribution is 2.50. The van der Waals surface area contributed by atoms with Gasteiger partial charge in [0.05, 0.1) is 5.41 Å². The van der Waals surface area contributed by atoms with Crippen molar-refractivity contribution in [3.8, 4) is 0 Å². The SMILES string of the molecule is CNCCC1CCN(C(=O)C2(c3cc(C)cc(C)c3)CC2)CC1.Cl. The Kier molecular flexibility index (Phi) is 6.33. The largest absolute Gasteiger partial charge is 0.342 e. The summed E-state index contributed by atoms with van der Waals surface area (Å²) in [6.07, 6.45) is 5.61. The lowest BCUT2D eigenvalue weighted by Gasteiger charge is -2.34. The van der Waals surface area contributed by atoms with Gasteiger partial charge in [-0.1, -0.05) is 29.3 Å². The van der Waals surface area contributed by atoms with Crippen LogP contribution in [0.25, 0.3) is 0 Å². The third-order valence-electron chi connectivity index (χ3n) is 5.64. The molecule has 1 saturated carbocycles. The molecule has 1 aliphatic heterocycles. The van der Waals surface area contributed by atoms with Crippen molar-refractivity contribution in [1.29, 1.82) is 0 Å². The van der Waals surface area contributed by atoms with Gasteiger partial charge in [0.25, 0.3) is 0 Å². The van der Waals surface area contributed by atoms with Crippen LogP contribution in [0.5, 0.6) is 0 Å². The molecule has 1 aliphatic carbocycles. The zero-order valence-corrected chi connectivity index (χ0v) is 16.0. The van der Waals surface area contributed by atoms with Crippen LogP contribution in [0.4, 0.5) is 0 Å². The van der Waals surface area contributed by atoms with Crippen molar-refractivity contribution in [3.05, 3.63) is 34.9 Å². The molecule has 1 aromatic rings. The minimum atomic E-state index is -0.200. The van der Waals surface area contributed by atoms with E-state index in [2.05, 4.69) is 42.3 Å². The van der Waals surface area contributed by atoms with Gasteiger partial charge >= 0.3 is 0 Å². The summed E-state index contributed by atoms with van der Waals surface area (Å²) in [6, 6.07) is 6.63. The molecule has 0 radical (unpaired) electrons. The minimum Gasteiger partial charge on any atom is -0.342 e. The lowest BCUT2D eigenvalue weighted by atomic mass is 9.89. The van der Waals surface area contributed by atoms with Crippen LogP contribution in [0, 0.1) is 19.8 Å². The zero-order chi connectivity index (χ0) is 16.4. The number of hydrogen-bond donors (Lipinski definition) is 1. The average Bonchev–Trinajstić information content (AvgIpc) is 3.34. The second kappa shape index (κ2) is 7.88. The third-order valence-corrected chi connectivity index (χ3v) is 5.64. The predicted octanol–water partition coefficient (Wildman–Crippen LogP) is 3.60. The van der Waals surface area contributed by atoms with Crippen LogP contribution in [0.15, 0.2) is 18.2 Å². The van der Waals surface area contributed by atoms with E-state index in [1.165, 1.54) is 23.1 Å². The van der Waals surface area contributed by atoms with Crippen molar-refractivity contribution >= 4 is 18.3 Å². The van der Waals surface area contributed by atoms with E-state index in [4.69, 9.17) is 0 Å². The molecule has 2 fully saturated rings. The highest BCUT2D eigenvalue weighted by molar-refractivity contribution is 5.91. The molecule has 3 rings (SSSR count). The van der Waals surface area contributed by atoms with Crippen molar-refractivity contribution in [2.75, 3.05) is 26.7 Å². The first-order chi connectivity index (χ1) is 11.0. The fourth-order valence-corrected chi connectivity index (χ4v) is 4.08. The first-order valence-electron chi connectivity index (χ1n) is 9.08. The van der Waals surface area contributed by atoms with E-state index in [-0.39, 0.29) is 17.8 Å². The summed E-state index contributed by atoms with van der Waals surface area (Å²) in [4.78, 5) is 15.3. The maximum absolute atomic E-state index is 13.1. The Labute approximate surface area is 152 Å². The normalized spacial score (nSPS) is 19.7. The van der Waals surface area contributed by atoms with Crippen molar-refractivity contribution in [2.24, 2.45) is 5.92 Å². The summed E-state index contributed by atoms with van der Waals surface area (Å²) in [6.45, 7) is 7.24. The molecule has 1 amide bonds. The van der Waals surface area contributed by atoms with Gasteiger partial charge in [-0.3, -0.25) is 4.79 Å². The van der Waals surface area contributed by atoms with Gasteiger partial charge in [-0.05, 0) is 71.0 Å². The summed E-state index contributed by atoms with van der Waals surface area (Å²) < 4.78 is 0. The monoisotopic (exact) mass is 350 g/mol. The number of amides is 1. The molecule has 0 spiro atoms. The van der Waals surface area contributed by atoms with E-state index in [1.807, 2.05) is 7.05 Å². The van der Waals surface area contributed by atoms with E-state index < -0.39 is 0 Å². The first kappa shape index (κ1) is 19.3. The molecule has 0 bridgehead atoms. The van der Waals surface area contributed by atoms with E-state index in [0.717, 1.165) is 51.2 Å². The van der Waals surface area contributed by atoms with Crippen LogP contribution in [-0.2, 0) is 10.2 Å². The highest BCUT2D eigenvalue weighted by atomic mass is 35.5. The quantitative estimate of drug-likeness (QED) is 0.879. The molecule has 1 saturated heterocycles. The number of piperidine rings is 1. The summed E-state index contributed by atoms with van der Waals surface area (Å²) in [7, 11) is 2.01. The molecule has 0 atom stereocenters. The van der Waals surface area contributed by atoms with E-state index >= 15 is 0 Å². The molecule has 2 aliphatic rings. The molecular formula is C20H31ClN2O. The molecule has 0 aromatic heterocycles. The molecule has 24 heavy (non-hydrogen) atoms. The number of hydrogen-bond acceptors (Lipinski definition) is 2. The maximum Gasteiger partial charge on any atom is 0.233 e. The number of halogens is 1. The number of benzene rings is 1. The summed E-state index contributed by atoms with van der Waals surface area (Å²) in [5, 5.41) is 3.23. The van der Waals surface area contributed by atoms with E-state index in [0.29, 0.717) is 5.91 Å². The third kappa shape index (κ3) is 3.94. The molecule has 3 nitrogen and oxygen atoms in total. The van der Waals surface area contributed by atoms with Crippen molar-refractivity contribution < 1.29 is 4.79 Å². The Morgan fingerprint density at radius 2 is 1.75 bits per heavy atom. The molecule has 134 valence electrons. The lowest BCUT2D eigenvalue weighted by molar-refractivity contribution is -0.135. The number of likely N-dealkylation sites (tertiary alicyclic amines) is 1. The average molecular weight is 351 g/mol. The second-order valence-corrected chi connectivity index (χ2v) is 7.59. The first-order valence-corrected chi connectivity index (χ1v) is 9.08. The zero-order valence-electron chi connectivity index (χ0n) is 15.2. The molecule has 4 heteroatoms. The van der Waals surface area contributed by atoms with Gasteiger partial charge in [0.1, 0.15) is 0 Å². The minimum absolute atomic E-state index is 0. The number of carbonyl (C=O) groups is 1. The summed E-state index contributed by atoms with van der Waals surface area (Å²) >= 11 is 0. The Balaban J connectivity index is 0.00000208. The van der Waals surface area contributed by atoms with Gasteiger partial charge in [0, 0.05) is 13.1 Å². The summed E-state index contributed by atoms with van der Waals surface area (Å²) in [5.74, 6) is 1.16. The van der Waals surface area contributed by atoms with E-state index in [1.54, 1.807) is 0 Å². The summed E-state index contributed by atoms with van der Waals surface area (Å²) in [5.41, 5.74) is 3.58. The van der Waals surface area contributed by atoms with Crippen molar-refractivity contribution in [3.63, 3.8) is 0 Å². The number of aryl methyl sites for hydroxylation is 2. The van der Waals surface area contributed by atoms with Gasteiger partial charge in [-0.15, -0.1) is 12.4 Å². The van der Waals surface area contributed by atoms with Crippen LogP contribution in [-0.4, -0.2) is 37.5 Å². The van der Waals surface area contributed by atoms with Gasteiger partial charge in [0.2, 0.25) is 5.91 Å². The standard InChI is InChI=1S/C20H30N2O.ClH/c1-15-12-16(2)14-18(13-15)20(7-8-20)19(23)22-10-5-17(6-11-22)4-9-21-3;/h12-14,17,21H,4-11H2,1-3H3;1H. The van der Waals surface area contributed by atoms with Gasteiger partial charge < -0.3 is 10.2 Å². The number of nitrogens with zero attached hydrogens (tertiary/aromatic N) is 1. The van der Waals surface area contributed by atoms with Gasteiger partial charge in [-0.2, -0.15) is 0 Å². The molecule has 1 heterocycles. The second-order valence-electron chi connectivity index (χ2n) is 7.59. The van der Waals surface area contributed by atoms with Crippen LogP contribution in [0.3, 0.4) is 0 Å². The fraction of sp³-hybridized carbons (Fsp3) is 0.650. The molecule has 0 unspecified atom stereocenters. The number of nitrogens with one attached hydrogen (secondary N) is 1. The lowest BCUT2D eigenvalue weighted by Crippen LogP contribution is -2.44. The van der Waals surface area contributed by atoms with Crippen LogP contribution in [0.2, 0.25) is 0 Å². The van der Waals surface area contributed by atoms with E-state index in [9.17, 15) is 4.79 Å². The van der Waals surface area contributed by atoms with Crippen molar-refractivity contribution in [2.45, 2.75) is 51.4 Å². The van der Waals surface area contributed by atoms with Gasteiger partial charge in [-0.25, -0.2) is 0 Å². The van der Waals surface area contributed by atoms with Crippen LogP contribution < -0.4 is 5.32 Å². The Hall–Kier alpha value is -1.06. The predicted molar refractivity (Wildman–Crippen MR) is 102 cm³/mol. The highest BCUT2D eigenvalue weighted by Gasteiger charge is 2.53. The van der Waals surface area contributed by atoms with Crippen molar-refractivity contribution in [1.82, 2.24) is 10.2 Å². The van der Waals surface area contributed by atoms with Crippen LogP contribution in [0.1, 0.15) is 48.8 Å². The molecular weight excluding hydrogens is 320 g/mol. The topological polar surface area (TPSA) is 32.3 Å². The fourth-order valence-electron chi connectivity index (χ4n) is 4.08. The smallest absolute Gasteiger partial charge is 0.233 e. The number of rotatable bonds is 5. The Morgan fingerprint density at radius 3 is 2.25 bits per heavy atom. The molecule has 1 N–H and O–H groups in total. The van der Waals surface area contributed by atoms with Gasteiger partial charge in [0.15, 0.2) is 0 Å². The Bertz CT molecular complexity index is 555. The maximum atomic E-state index is 13.1. The van der Waals surface area contributed by atoms with Crippen LogP contribution >= 0.6 is 12.4 Å². The molecule has 1 aromatic carbocycles. The Morgan fingerprint density at radius 1 is 1.17 bits per heavy atom.